The Morgan fingerprint density at radius 1 is 1.42 bits per heavy atom. The molecule has 0 saturated carbocycles. The Hall–Kier alpha value is -1.66. The number of amides is 1. The smallest absolute Gasteiger partial charge is 0.225 e. The molecule has 1 heterocycles. The minimum Gasteiger partial charge on any atom is -0.346 e. The van der Waals surface area contributed by atoms with Crippen LogP contribution in [0.2, 0.25) is 10.0 Å². The molecule has 6 nitrogen and oxygen atoms in total. The molecule has 2 N–H and O–H groups in total. The summed E-state index contributed by atoms with van der Waals surface area (Å²) in [6.45, 7) is 1.76. The lowest BCUT2D eigenvalue weighted by atomic mass is 10.1. The van der Waals surface area contributed by atoms with E-state index < -0.39 is 0 Å². The van der Waals surface area contributed by atoms with Gasteiger partial charge in [0.05, 0.1) is 12.5 Å². The maximum atomic E-state index is 11.9. The molecule has 0 aliphatic heterocycles. The van der Waals surface area contributed by atoms with Crippen LogP contribution in [0.15, 0.2) is 18.2 Å². The lowest BCUT2D eigenvalue weighted by Gasteiger charge is -2.11. The van der Waals surface area contributed by atoms with Crippen LogP contribution in [0.3, 0.4) is 0 Å². The van der Waals surface area contributed by atoms with Crippen LogP contribution in [0, 0.1) is 0 Å². The van der Waals surface area contributed by atoms with Gasteiger partial charge in [-0.3, -0.25) is 4.79 Å². The third-order valence-electron chi connectivity index (χ3n) is 2.53. The molecule has 0 spiro atoms. The summed E-state index contributed by atoms with van der Waals surface area (Å²) in [7, 11) is 0. The Balaban J connectivity index is 2.02. The molecule has 0 bridgehead atoms. The quantitative estimate of drug-likeness (QED) is 0.903. The summed E-state index contributed by atoms with van der Waals surface area (Å²) in [5, 5.41) is 17.0. The van der Waals surface area contributed by atoms with Gasteiger partial charge in [-0.2, -0.15) is 5.21 Å². The van der Waals surface area contributed by atoms with Gasteiger partial charge >= 0.3 is 0 Å². The summed E-state index contributed by atoms with van der Waals surface area (Å²) in [5.41, 5.74) is 0.601. The van der Waals surface area contributed by atoms with Gasteiger partial charge in [-0.1, -0.05) is 34.5 Å². The van der Waals surface area contributed by atoms with Crippen molar-refractivity contribution in [1.29, 1.82) is 0 Å². The van der Waals surface area contributed by atoms with Crippen molar-refractivity contribution in [1.82, 2.24) is 25.9 Å². The van der Waals surface area contributed by atoms with Crippen LogP contribution in [-0.4, -0.2) is 26.5 Å². The molecule has 19 heavy (non-hydrogen) atoms. The maximum absolute atomic E-state index is 11.9. The van der Waals surface area contributed by atoms with E-state index in [2.05, 4.69) is 25.9 Å². The number of nitrogens with one attached hydrogen (secondary N) is 2. The standard InChI is InChI=1S/C11H11Cl2N5O/c1-6(11-15-17-18-16-11)14-10(19)5-7-8(12)3-2-4-9(7)13/h2-4,6H,5H2,1H3,(H,14,19)(H,15,16,17,18). The largest absolute Gasteiger partial charge is 0.346 e. The first-order chi connectivity index (χ1) is 9.08. The van der Waals surface area contributed by atoms with Crippen LogP contribution < -0.4 is 5.32 Å². The Kier molecular flexibility index (Phi) is 4.34. The Morgan fingerprint density at radius 3 is 2.68 bits per heavy atom. The lowest BCUT2D eigenvalue weighted by molar-refractivity contribution is -0.121. The van der Waals surface area contributed by atoms with Gasteiger partial charge in [0.2, 0.25) is 5.91 Å². The van der Waals surface area contributed by atoms with Gasteiger partial charge in [-0.15, -0.1) is 10.2 Å². The topological polar surface area (TPSA) is 83.6 Å². The Bertz CT molecular complexity index is 552. The van der Waals surface area contributed by atoms with E-state index in [9.17, 15) is 4.79 Å². The molecule has 0 aliphatic carbocycles. The maximum Gasteiger partial charge on any atom is 0.225 e. The molecule has 0 aliphatic rings. The number of carbonyl (C=O) groups is 1. The summed E-state index contributed by atoms with van der Waals surface area (Å²) in [6.07, 6.45) is 0.0979. The number of aromatic nitrogens is 4. The first-order valence-electron chi connectivity index (χ1n) is 5.53. The van der Waals surface area contributed by atoms with E-state index in [1.54, 1.807) is 25.1 Å². The van der Waals surface area contributed by atoms with Crippen molar-refractivity contribution in [2.45, 2.75) is 19.4 Å². The number of carbonyl (C=O) groups excluding carboxylic acids is 1. The molecule has 100 valence electrons. The molecule has 1 amide bonds. The van der Waals surface area contributed by atoms with Crippen molar-refractivity contribution in [2.75, 3.05) is 0 Å². The molecule has 8 heteroatoms. The molecular weight excluding hydrogens is 289 g/mol. The fourth-order valence-electron chi connectivity index (χ4n) is 1.57. The summed E-state index contributed by atoms with van der Waals surface area (Å²) in [4.78, 5) is 11.9. The first kappa shape index (κ1) is 13.8. The van der Waals surface area contributed by atoms with Gasteiger partial charge in [0.1, 0.15) is 0 Å². The fourth-order valence-corrected chi connectivity index (χ4v) is 2.10. The van der Waals surface area contributed by atoms with Crippen LogP contribution in [-0.2, 0) is 11.2 Å². The predicted octanol–water partition coefficient (Wildman–Crippen LogP) is 1.93. The second-order valence-corrected chi connectivity index (χ2v) is 4.75. The van der Waals surface area contributed by atoms with Crippen LogP contribution in [0.4, 0.5) is 0 Å². The van der Waals surface area contributed by atoms with Crippen molar-refractivity contribution in [3.8, 4) is 0 Å². The minimum absolute atomic E-state index is 0.0979. The zero-order chi connectivity index (χ0) is 13.8. The van der Waals surface area contributed by atoms with E-state index >= 15 is 0 Å². The normalized spacial score (nSPS) is 12.2. The number of nitrogens with zero attached hydrogens (tertiary/aromatic N) is 3. The van der Waals surface area contributed by atoms with E-state index in [1.807, 2.05) is 0 Å². The second kappa shape index (κ2) is 5.99. The second-order valence-electron chi connectivity index (χ2n) is 3.94. The monoisotopic (exact) mass is 299 g/mol. The van der Waals surface area contributed by atoms with Crippen LogP contribution >= 0.6 is 23.2 Å². The molecule has 1 aromatic carbocycles. The molecule has 0 radical (unpaired) electrons. The minimum atomic E-state index is -0.340. The first-order valence-corrected chi connectivity index (χ1v) is 6.29. The van der Waals surface area contributed by atoms with E-state index in [0.717, 1.165) is 0 Å². The number of hydrogen-bond acceptors (Lipinski definition) is 4. The molecule has 1 atom stereocenters. The molecule has 1 unspecified atom stereocenters. The molecular formula is C11H11Cl2N5O. The molecule has 2 aromatic rings. The van der Waals surface area contributed by atoms with Gasteiger partial charge in [0.15, 0.2) is 5.82 Å². The van der Waals surface area contributed by atoms with Crippen molar-refractivity contribution < 1.29 is 4.79 Å². The summed E-state index contributed by atoms with van der Waals surface area (Å²) in [6, 6.07) is 4.78. The number of tetrazole rings is 1. The Morgan fingerprint density at radius 2 is 2.11 bits per heavy atom. The molecule has 2 rings (SSSR count). The highest BCUT2D eigenvalue weighted by atomic mass is 35.5. The third kappa shape index (κ3) is 3.42. The number of benzene rings is 1. The number of H-pyrrole nitrogens is 1. The van der Waals surface area contributed by atoms with Crippen molar-refractivity contribution in [2.24, 2.45) is 0 Å². The van der Waals surface area contributed by atoms with E-state index in [1.165, 1.54) is 0 Å². The fraction of sp³-hybridized carbons (Fsp3) is 0.273. The van der Waals surface area contributed by atoms with Gasteiger partial charge in [-0.25, -0.2) is 0 Å². The molecule has 0 fully saturated rings. The average molecular weight is 300 g/mol. The summed E-state index contributed by atoms with van der Waals surface area (Å²) in [5.74, 6) is 0.200. The highest BCUT2D eigenvalue weighted by Crippen LogP contribution is 2.24. The van der Waals surface area contributed by atoms with Crippen LogP contribution in [0.25, 0.3) is 0 Å². The van der Waals surface area contributed by atoms with Crippen molar-refractivity contribution >= 4 is 29.1 Å². The average Bonchev–Trinajstić information content (AvgIpc) is 2.88. The van der Waals surface area contributed by atoms with Gasteiger partial charge in [0.25, 0.3) is 0 Å². The zero-order valence-corrected chi connectivity index (χ0v) is 11.5. The van der Waals surface area contributed by atoms with E-state index in [0.29, 0.717) is 21.4 Å². The highest BCUT2D eigenvalue weighted by molar-refractivity contribution is 6.36. The lowest BCUT2D eigenvalue weighted by Crippen LogP contribution is -2.29. The third-order valence-corrected chi connectivity index (χ3v) is 3.23. The highest BCUT2D eigenvalue weighted by Gasteiger charge is 2.16. The number of hydrogen-bond donors (Lipinski definition) is 2. The number of halogens is 2. The molecule has 1 aromatic heterocycles. The SMILES string of the molecule is CC(NC(=O)Cc1c(Cl)cccc1Cl)c1nn[nH]n1. The predicted molar refractivity (Wildman–Crippen MR) is 70.9 cm³/mol. The molecule has 0 saturated heterocycles. The van der Waals surface area contributed by atoms with Gasteiger partial charge in [0, 0.05) is 10.0 Å². The van der Waals surface area contributed by atoms with Crippen LogP contribution in [0.1, 0.15) is 24.4 Å². The van der Waals surface area contributed by atoms with Crippen molar-refractivity contribution in [3.05, 3.63) is 39.6 Å². The van der Waals surface area contributed by atoms with Crippen molar-refractivity contribution in [3.63, 3.8) is 0 Å². The Labute approximate surface area is 119 Å². The van der Waals surface area contributed by atoms with Crippen LogP contribution in [0.5, 0.6) is 0 Å². The van der Waals surface area contributed by atoms with E-state index in [4.69, 9.17) is 23.2 Å². The summed E-state index contributed by atoms with van der Waals surface area (Å²) < 4.78 is 0. The zero-order valence-electron chi connectivity index (χ0n) is 10.0. The van der Waals surface area contributed by atoms with E-state index in [-0.39, 0.29) is 18.4 Å². The van der Waals surface area contributed by atoms with Gasteiger partial charge in [-0.05, 0) is 24.6 Å². The number of rotatable bonds is 4. The summed E-state index contributed by atoms with van der Waals surface area (Å²) >= 11 is 12.0. The van der Waals surface area contributed by atoms with Gasteiger partial charge < -0.3 is 5.32 Å². The number of aromatic amines is 1.